The van der Waals surface area contributed by atoms with E-state index in [0.717, 1.165) is 43.9 Å². The molecule has 5 nitrogen and oxygen atoms in total. The molecule has 0 saturated carbocycles. The average Bonchev–Trinajstić information content (AvgIpc) is 2.78. The maximum absolute atomic E-state index is 8.68. The SMILES string of the molecule is Cc1ccc(CNCCCCC(C)(C)/C(N)=N/O)o1. The smallest absolute Gasteiger partial charge is 0.144 e. The van der Waals surface area contributed by atoms with Gasteiger partial charge in [0.05, 0.1) is 6.54 Å². The van der Waals surface area contributed by atoms with Gasteiger partial charge in [0.1, 0.15) is 17.4 Å². The number of nitrogens with zero attached hydrogens (tertiary/aromatic N) is 1. The Balaban J connectivity index is 2.11. The van der Waals surface area contributed by atoms with Gasteiger partial charge < -0.3 is 20.7 Å². The fourth-order valence-corrected chi connectivity index (χ4v) is 1.87. The molecule has 1 aromatic heterocycles. The maximum atomic E-state index is 8.68. The zero-order valence-corrected chi connectivity index (χ0v) is 12.1. The zero-order chi connectivity index (χ0) is 14.3. The van der Waals surface area contributed by atoms with Crippen molar-refractivity contribution in [3.63, 3.8) is 0 Å². The first-order chi connectivity index (χ1) is 8.95. The van der Waals surface area contributed by atoms with Crippen molar-refractivity contribution in [2.75, 3.05) is 6.54 Å². The number of nitrogens with one attached hydrogen (secondary N) is 1. The largest absolute Gasteiger partial charge is 0.465 e. The molecule has 0 fully saturated rings. The van der Waals surface area contributed by atoms with Crippen molar-refractivity contribution in [2.45, 2.75) is 46.6 Å². The lowest BCUT2D eigenvalue weighted by atomic mass is 9.86. The number of furan rings is 1. The molecule has 0 saturated heterocycles. The van der Waals surface area contributed by atoms with Gasteiger partial charge in [-0.2, -0.15) is 0 Å². The number of amidine groups is 1. The average molecular weight is 267 g/mol. The van der Waals surface area contributed by atoms with E-state index >= 15 is 0 Å². The molecule has 0 radical (unpaired) electrons. The number of hydrogen-bond acceptors (Lipinski definition) is 4. The Morgan fingerprint density at radius 2 is 2.16 bits per heavy atom. The Hall–Kier alpha value is -1.49. The summed E-state index contributed by atoms with van der Waals surface area (Å²) in [5.41, 5.74) is 5.40. The van der Waals surface area contributed by atoms with Gasteiger partial charge in [0.15, 0.2) is 0 Å². The molecule has 5 heteroatoms. The molecule has 19 heavy (non-hydrogen) atoms. The van der Waals surface area contributed by atoms with E-state index in [9.17, 15) is 0 Å². The quantitative estimate of drug-likeness (QED) is 0.222. The Morgan fingerprint density at radius 3 is 2.74 bits per heavy atom. The van der Waals surface area contributed by atoms with E-state index in [-0.39, 0.29) is 5.41 Å². The molecule has 0 aliphatic carbocycles. The molecule has 4 N–H and O–H groups in total. The first kappa shape index (κ1) is 15.6. The third-order valence-corrected chi connectivity index (χ3v) is 3.30. The molecule has 1 rings (SSSR count). The van der Waals surface area contributed by atoms with Gasteiger partial charge >= 0.3 is 0 Å². The van der Waals surface area contributed by atoms with Crippen molar-refractivity contribution in [1.29, 1.82) is 0 Å². The van der Waals surface area contributed by atoms with E-state index in [1.165, 1.54) is 0 Å². The molecule has 108 valence electrons. The van der Waals surface area contributed by atoms with Crippen LogP contribution in [0.25, 0.3) is 0 Å². The molecule has 0 aromatic carbocycles. The highest BCUT2D eigenvalue weighted by Gasteiger charge is 2.22. The third kappa shape index (κ3) is 5.34. The summed E-state index contributed by atoms with van der Waals surface area (Å²) < 4.78 is 5.47. The second-order valence-electron chi connectivity index (χ2n) is 5.52. The monoisotopic (exact) mass is 267 g/mol. The van der Waals surface area contributed by atoms with Crippen LogP contribution in [0.3, 0.4) is 0 Å². The van der Waals surface area contributed by atoms with Crippen LogP contribution in [0.2, 0.25) is 0 Å². The lowest BCUT2D eigenvalue weighted by molar-refractivity contribution is 0.304. The number of aryl methyl sites for hydroxylation is 1. The first-order valence-electron chi connectivity index (χ1n) is 6.70. The van der Waals surface area contributed by atoms with Gasteiger partial charge in [0.2, 0.25) is 0 Å². The van der Waals surface area contributed by atoms with Crippen molar-refractivity contribution in [3.8, 4) is 0 Å². The van der Waals surface area contributed by atoms with Crippen LogP contribution in [0.5, 0.6) is 0 Å². The summed E-state index contributed by atoms with van der Waals surface area (Å²) in [4.78, 5) is 0. The number of hydrogen-bond donors (Lipinski definition) is 3. The van der Waals surface area contributed by atoms with Crippen LogP contribution in [0.1, 0.15) is 44.6 Å². The summed E-state index contributed by atoms with van der Waals surface area (Å²) in [6, 6.07) is 3.96. The molecule has 0 unspecified atom stereocenters. The molecule has 1 heterocycles. The lowest BCUT2D eigenvalue weighted by Crippen LogP contribution is -2.32. The van der Waals surface area contributed by atoms with Gasteiger partial charge in [-0.05, 0) is 38.4 Å². The fourth-order valence-electron chi connectivity index (χ4n) is 1.87. The van der Waals surface area contributed by atoms with Gasteiger partial charge in [-0.1, -0.05) is 25.4 Å². The van der Waals surface area contributed by atoms with Crippen molar-refractivity contribution < 1.29 is 9.62 Å². The molecule has 0 aliphatic rings. The Labute approximate surface area is 114 Å². The Kier molecular flexibility index (Phi) is 5.89. The first-order valence-corrected chi connectivity index (χ1v) is 6.70. The predicted octanol–water partition coefficient (Wildman–Crippen LogP) is 2.62. The number of nitrogens with two attached hydrogens (primary N) is 1. The van der Waals surface area contributed by atoms with Crippen LogP contribution in [-0.2, 0) is 6.54 Å². The van der Waals surface area contributed by atoms with Crippen LogP contribution in [-0.4, -0.2) is 17.6 Å². The number of rotatable bonds is 8. The topological polar surface area (TPSA) is 83.8 Å². The predicted molar refractivity (Wildman–Crippen MR) is 76.2 cm³/mol. The highest BCUT2D eigenvalue weighted by molar-refractivity contribution is 5.85. The van der Waals surface area contributed by atoms with Crippen molar-refractivity contribution >= 4 is 5.84 Å². The van der Waals surface area contributed by atoms with Gasteiger partial charge in [0, 0.05) is 5.41 Å². The van der Waals surface area contributed by atoms with Gasteiger partial charge in [-0.3, -0.25) is 0 Å². The summed E-state index contributed by atoms with van der Waals surface area (Å²) in [7, 11) is 0. The van der Waals surface area contributed by atoms with Gasteiger partial charge in [-0.15, -0.1) is 0 Å². The van der Waals surface area contributed by atoms with Gasteiger partial charge in [-0.25, -0.2) is 0 Å². The van der Waals surface area contributed by atoms with Crippen molar-refractivity contribution in [2.24, 2.45) is 16.3 Å². The van der Waals surface area contributed by atoms with Crippen LogP contribution in [0, 0.1) is 12.3 Å². The highest BCUT2D eigenvalue weighted by Crippen LogP contribution is 2.23. The molecule has 0 amide bonds. The normalized spacial score (nSPS) is 12.9. The third-order valence-electron chi connectivity index (χ3n) is 3.30. The van der Waals surface area contributed by atoms with Crippen molar-refractivity contribution in [3.05, 3.63) is 23.7 Å². The highest BCUT2D eigenvalue weighted by atomic mass is 16.4. The van der Waals surface area contributed by atoms with E-state index in [1.807, 2.05) is 32.9 Å². The molecule has 0 spiro atoms. The van der Waals surface area contributed by atoms with E-state index in [4.69, 9.17) is 15.4 Å². The van der Waals surface area contributed by atoms with Crippen LogP contribution < -0.4 is 11.1 Å². The van der Waals surface area contributed by atoms with E-state index in [2.05, 4.69) is 10.5 Å². The molecular formula is C14H25N3O2. The number of oxime groups is 1. The van der Waals surface area contributed by atoms with Crippen LogP contribution in [0.15, 0.2) is 21.7 Å². The molecule has 0 atom stereocenters. The van der Waals surface area contributed by atoms with Crippen molar-refractivity contribution in [1.82, 2.24) is 5.32 Å². The molecule has 0 bridgehead atoms. The molecule has 0 aliphatic heterocycles. The summed E-state index contributed by atoms with van der Waals surface area (Å²) >= 11 is 0. The van der Waals surface area contributed by atoms with Crippen LogP contribution >= 0.6 is 0 Å². The minimum atomic E-state index is -0.243. The molecule has 1 aromatic rings. The fraction of sp³-hybridized carbons (Fsp3) is 0.643. The maximum Gasteiger partial charge on any atom is 0.144 e. The van der Waals surface area contributed by atoms with Gasteiger partial charge in [0.25, 0.3) is 0 Å². The van der Waals surface area contributed by atoms with Crippen LogP contribution in [0.4, 0.5) is 0 Å². The lowest BCUT2D eigenvalue weighted by Gasteiger charge is -2.22. The van der Waals surface area contributed by atoms with E-state index in [1.54, 1.807) is 0 Å². The summed E-state index contributed by atoms with van der Waals surface area (Å²) in [6.45, 7) is 7.62. The zero-order valence-electron chi connectivity index (χ0n) is 12.1. The summed E-state index contributed by atoms with van der Waals surface area (Å²) in [5, 5.41) is 15.1. The Morgan fingerprint density at radius 1 is 1.42 bits per heavy atom. The van der Waals surface area contributed by atoms with E-state index in [0.29, 0.717) is 5.84 Å². The standard InChI is InChI=1S/C14H25N3O2/c1-11-6-7-12(19-11)10-16-9-5-4-8-14(2,3)13(15)17-18/h6-7,16,18H,4-5,8-10H2,1-3H3,(H2,15,17). The second-order valence-corrected chi connectivity index (χ2v) is 5.52. The summed E-state index contributed by atoms with van der Waals surface area (Å²) in [6.07, 6.45) is 3.00. The minimum Gasteiger partial charge on any atom is -0.465 e. The van der Waals surface area contributed by atoms with E-state index < -0.39 is 0 Å². The minimum absolute atomic E-state index is 0.243. The Bertz CT molecular complexity index is 411. The second kappa shape index (κ2) is 7.19. The summed E-state index contributed by atoms with van der Waals surface area (Å²) in [5.74, 6) is 2.21. The number of unbranched alkanes of at least 4 members (excludes halogenated alkanes) is 1. The molecular weight excluding hydrogens is 242 g/mol.